The zero-order chi connectivity index (χ0) is 83.5. The number of hydrogen-bond acceptors (Lipinski definition) is 17. The molecule has 0 aromatic heterocycles. The van der Waals surface area contributed by atoms with Crippen LogP contribution in [0.25, 0.3) is 55.5 Å². The van der Waals surface area contributed by atoms with Crippen LogP contribution in [0.15, 0.2) is 267 Å². The Hall–Kier alpha value is -14.2. The molecule has 0 N–H and O–H groups in total. The molecule has 596 valence electrons. The second-order valence-electron chi connectivity index (χ2n) is 25.9. The summed E-state index contributed by atoms with van der Waals surface area (Å²) in [7, 11) is 7.57. The Labute approximate surface area is 697 Å². The van der Waals surface area contributed by atoms with Crippen molar-refractivity contribution in [2.45, 2.75) is 39.9 Å². The standard InChI is InChI=1S/C56H44N4O4.C21H19NO3.C20H21N2O5P2.CH4/c1-58-56-42(13-7-40-10-18-44(19-11-40)60(47-24-32-51(63-4)33-25-47)48-26-34-52(64-5)35-27-48)15-36-53-54(56)37-14-41(55(53)38-57)12-6-39-8-16-43(17-9-39)59(45-20-28-49(61-2)29-21-45)46-22-30-50(62-3)31-23-46;1-24-20-11-7-18(8-12-20)22(17-5-3-16(15-23)4-6-17)19-9-13-21(25-2)14-10-19;1-5-25-20(28-23,26-6-2)18-11-10-15-16(19(18)22-4)9-8-14(17(15)12-21)13-29(24)27-7-3;/h6-37H,2-5H3;3-15H,1-2H3;8-11H,5-7,13H2,1-3H3;1H4/q;;+1;. The smallest absolute Gasteiger partial charge is 0.497 e. The average Bonchev–Trinajstić information content (AvgIpc) is 0.756. The molecule has 1 atom stereocenters. The number of benzene rings is 13. The molecule has 21 heteroatoms. The number of nitrogens with zero attached hydrogens (tertiary/aromatic N) is 7. The van der Waals surface area contributed by atoms with Crippen molar-refractivity contribution in [2.24, 2.45) is 0 Å². The quantitative estimate of drug-likeness (QED) is 0.0135. The van der Waals surface area contributed by atoms with Crippen LogP contribution in [0.1, 0.15) is 83.1 Å². The number of carbonyl (C=O) groups is 1. The van der Waals surface area contributed by atoms with Gasteiger partial charge in [0.25, 0.3) is 5.53 Å². The fourth-order valence-electron chi connectivity index (χ4n) is 13.3. The lowest BCUT2D eigenvalue weighted by molar-refractivity contribution is -0.176. The fraction of sp³-hybridized carbons (Fsp3) is 0.153. The summed E-state index contributed by atoms with van der Waals surface area (Å²) in [5, 5.41) is 22.6. The minimum Gasteiger partial charge on any atom is -0.497 e. The molecule has 0 heterocycles. The van der Waals surface area contributed by atoms with Crippen molar-refractivity contribution in [2.75, 3.05) is 77.2 Å². The molecule has 0 saturated heterocycles. The fourth-order valence-corrected chi connectivity index (χ4v) is 14.9. The molecule has 13 aromatic rings. The molecular weight excluding hydrogens is 1530 g/mol. The van der Waals surface area contributed by atoms with Gasteiger partial charge in [-0.05, 0) is 263 Å². The molecule has 0 spiro atoms. The van der Waals surface area contributed by atoms with E-state index in [0.717, 1.165) is 125 Å². The van der Waals surface area contributed by atoms with Gasteiger partial charge in [-0.1, -0.05) is 105 Å². The molecule has 0 bridgehead atoms. The predicted molar refractivity (Wildman–Crippen MR) is 478 cm³/mol. The second-order valence-corrected chi connectivity index (χ2v) is 27.9. The number of rotatable bonds is 30. The Balaban J connectivity index is 0.000000222. The van der Waals surface area contributed by atoms with E-state index in [1.807, 2.05) is 218 Å². The second kappa shape index (κ2) is 42.4. The minimum atomic E-state index is -1.93. The van der Waals surface area contributed by atoms with Crippen molar-refractivity contribution in [1.29, 1.82) is 10.5 Å². The van der Waals surface area contributed by atoms with Crippen LogP contribution in [0.3, 0.4) is 0 Å². The maximum atomic E-state index is 12.0. The predicted octanol–water partition coefficient (Wildman–Crippen LogP) is 26.2. The Kier molecular flexibility index (Phi) is 31.1. The average molecular weight is 1620 g/mol. The van der Waals surface area contributed by atoms with Crippen molar-refractivity contribution in [3.63, 3.8) is 0 Å². The third-order valence-corrected chi connectivity index (χ3v) is 21.0. The summed E-state index contributed by atoms with van der Waals surface area (Å²) in [6.45, 7) is 21.9. The maximum absolute atomic E-state index is 12.0. The molecule has 119 heavy (non-hydrogen) atoms. The summed E-state index contributed by atoms with van der Waals surface area (Å²) in [4.78, 5) is 24.9. The summed E-state index contributed by atoms with van der Waals surface area (Å²) in [6, 6.07) is 90.4. The van der Waals surface area contributed by atoms with Crippen LogP contribution < -0.4 is 43.1 Å². The van der Waals surface area contributed by atoms with Crippen LogP contribution in [0.4, 0.5) is 62.6 Å². The Bertz CT molecular complexity index is 5530. The van der Waals surface area contributed by atoms with Gasteiger partial charge in [0, 0.05) is 81.1 Å². The van der Waals surface area contributed by atoms with Gasteiger partial charge in [-0.2, -0.15) is 10.5 Å². The molecule has 0 fully saturated rings. The largest absolute Gasteiger partial charge is 0.512 e. The zero-order valence-electron chi connectivity index (χ0n) is 66.5. The summed E-state index contributed by atoms with van der Waals surface area (Å²) in [5.74, 6) is 4.73. The summed E-state index contributed by atoms with van der Waals surface area (Å²) >= 11 is 0. The molecule has 0 amide bonds. The van der Waals surface area contributed by atoms with E-state index in [2.05, 4.69) is 85.1 Å². The van der Waals surface area contributed by atoms with Gasteiger partial charge in [-0.3, -0.25) is 9.36 Å². The van der Waals surface area contributed by atoms with E-state index in [0.29, 0.717) is 50.9 Å². The van der Waals surface area contributed by atoms with Crippen molar-refractivity contribution < 1.29 is 56.3 Å². The Morgan fingerprint density at radius 1 is 0.387 bits per heavy atom. The number of carbonyl (C=O) groups excluding carboxylic acids is 1. The highest BCUT2D eigenvalue weighted by Gasteiger charge is 2.39. The Morgan fingerprint density at radius 3 is 1.01 bits per heavy atom. The van der Waals surface area contributed by atoms with Gasteiger partial charge in [-0.15, -0.1) is 4.52 Å². The van der Waals surface area contributed by atoms with E-state index in [4.69, 9.17) is 55.6 Å². The number of methoxy groups -OCH3 is 6. The number of anilines is 9. The highest BCUT2D eigenvalue weighted by atomic mass is 31.1. The molecule has 0 saturated carbocycles. The van der Waals surface area contributed by atoms with E-state index < -0.39 is 22.0 Å². The van der Waals surface area contributed by atoms with E-state index >= 15 is 0 Å². The van der Waals surface area contributed by atoms with Gasteiger partial charge in [0.15, 0.2) is 0 Å². The van der Waals surface area contributed by atoms with Gasteiger partial charge >= 0.3 is 8.03 Å². The van der Waals surface area contributed by atoms with E-state index in [1.165, 1.54) is 0 Å². The number of aldehydes is 1. The third-order valence-electron chi connectivity index (χ3n) is 19.1. The maximum Gasteiger partial charge on any atom is 0.512 e. The molecule has 13 aromatic carbocycles. The van der Waals surface area contributed by atoms with Crippen LogP contribution in [-0.4, -0.2) is 68.8 Å². The van der Waals surface area contributed by atoms with Crippen molar-refractivity contribution >= 4 is 131 Å². The van der Waals surface area contributed by atoms with E-state index in [-0.39, 0.29) is 32.5 Å². The van der Waals surface area contributed by atoms with Gasteiger partial charge in [-0.25, -0.2) is 9.69 Å². The molecule has 0 radical (unpaired) electrons. The normalized spacial score (nSPS) is 10.9. The van der Waals surface area contributed by atoms with Crippen LogP contribution in [0.2, 0.25) is 0 Å². The number of fused-ring (bicyclic) bond motifs is 2. The molecule has 1 unspecified atom stereocenters. The highest BCUT2D eigenvalue weighted by molar-refractivity contribution is 7.38. The minimum absolute atomic E-state index is 0. The van der Waals surface area contributed by atoms with Crippen molar-refractivity contribution in [3.05, 3.63) is 340 Å². The molecule has 19 nitrogen and oxygen atoms in total. The lowest BCUT2D eigenvalue weighted by atomic mass is 9.95. The lowest BCUT2D eigenvalue weighted by Gasteiger charge is -2.28. The molecule has 0 aliphatic carbocycles. The van der Waals surface area contributed by atoms with Crippen molar-refractivity contribution in [1.82, 2.24) is 0 Å². The topological polar surface area (TPSA) is 200 Å². The third kappa shape index (κ3) is 20.7. The van der Waals surface area contributed by atoms with Crippen LogP contribution in [-0.2, 0) is 34.8 Å². The first kappa shape index (κ1) is 87.2. The van der Waals surface area contributed by atoms with Gasteiger partial charge in [0.05, 0.1) is 73.5 Å². The molecule has 0 aliphatic heterocycles. The highest BCUT2D eigenvalue weighted by Crippen LogP contribution is 2.48. The van der Waals surface area contributed by atoms with E-state index in [1.54, 1.807) is 87.7 Å². The Morgan fingerprint density at radius 2 is 0.689 bits per heavy atom. The summed E-state index contributed by atoms with van der Waals surface area (Å²) < 4.78 is 72.5. The number of nitriles is 2. The summed E-state index contributed by atoms with van der Waals surface area (Å²) in [6.07, 6.45) is 8.87. The van der Waals surface area contributed by atoms with Crippen LogP contribution in [0.5, 0.6) is 34.5 Å². The zero-order valence-corrected chi connectivity index (χ0v) is 68.3. The first-order chi connectivity index (χ1) is 57.7. The number of hydrogen-bond donors (Lipinski definition) is 0. The monoisotopic (exact) mass is 1620 g/mol. The van der Waals surface area contributed by atoms with E-state index in [9.17, 15) is 24.4 Å². The van der Waals surface area contributed by atoms with Gasteiger partial charge in [0.1, 0.15) is 52.9 Å². The molecule has 0 aliphatic rings. The van der Waals surface area contributed by atoms with Crippen LogP contribution >= 0.6 is 16.5 Å². The molecule has 13 rings (SSSR count). The first-order valence-corrected chi connectivity index (χ1v) is 39.7. The SMILES string of the molecule is C.COc1ccc(N(c2ccc(C=O)cc2)c2ccc(OC)cc2)cc1.[C-]#[N+]c1c(C(OCC)(OCC)P=O)ccc2c(C#N)c(C[P+](=O)OCC)ccc12.[C-]#[N+]c1c(C=Cc2ccc(N(c3ccc(OC)cc3)c3ccc(OC)cc3)cc2)ccc2c(C#N)c(C=Cc3ccc(N(c4ccc(OC)cc4)c4ccc(OC)cc4)cc3)ccc12. The van der Waals surface area contributed by atoms with Crippen molar-refractivity contribution in [3.8, 4) is 46.6 Å². The molecular formula is C98H88N7O12P2+. The summed E-state index contributed by atoms with van der Waals surface area (Å²) in [5.41, 5.74) is 13.8. The van der Waals surface area contributed by atoms with Gasteiger partial charge < -0.3 is 52.6 Å². The van der Waals surface area contributed by atoms with Gasteiger partial charge in [0.2, 0.25) is 26.0 Å². The lowest BCUT2D eigenvalue weighted by Crippen LogP contribution is -2.27. The number of ether oxygens (including phenoxy) is 8. The van der Waals surface area contributed by atoms with Crippen LogP contribution in [0, 0.1) is 35.8 Å². The first-order valence-electron chi connectivity index (χ1n) is 37.5.